The molecule has 0 aromatic heterocycles. The van der Waals surface area contributed by atoms with E-state index in [1.165, 1.54) is 37.7 Å². The van der Waals surface area contributed by atoms with E-state index in [1.807, 2.05) is 13.8 Å². The Labute approximate surface area is 281 Å². The first-order valence-corrected chi connectivity index (χ1v) is 18.7. The Kier molecular flexibility index (Phi) is 10.5. The maximum atomic E-state index is 12.3. The van der Waals surface area contributed by atoms with Gasteiger partial charge in [-0.15, -0.1) is 0 Å². The van der Waals surface area contributed by atoms with Gasteiger partial charge in [-0.05, 0) is 117 Å². The minimum absolute atomic E-state index is 0.0704. The summed E-state index contributed by atoms with van der Waals surface area (Å²) in [4.78, 5) is 12.3. The fraction of sp³-hybridized carbons (Fsp3) is 0.921. The summed E-state index contributed by atoms with van der Waals surface area (Å²) in [6, 6.07) is 0. The van der Waals surface area contributed by atoms with Crippen molar-refractivity contribution < 1.29 is 44.2 Å². The first-order valence-electron chi connectivity index (χ1n) is 18.7. The van der Waals surface area contributed by atoms with Crippen LogP contribution in [0.4, 0.5) is 0 Å². The van der Waals surface area contributed by atoms with Gasteiger partial charge in [0, 0.05) is 18.8 Å². The van der Waals surface area contributed by atoms with Crippen LogP contribution in [0.15, 0.2) is 11.3 Å². The van der Waals surface area contributed by atoms with Crippen LogP contribution < -0.4 is 0 Å². The summed E-state index contributed by atoms with van der Waals surface area (Å²) in [5, 5.41) is 41.7. The summed E-state index contributed by atoms with van der Waals surface area (Å²) in [5.41, 5.74) is 2.10. The fourth-order valence-corrected chi connectivity index (χ4v) is 11.4. The number of aliphatic hydroxyl groups excluding tert-OH is 4. The maximum Gasteiger partial charge on any atom is 0.306 e. The quantitative estimate of drug-likeness (QED) is 0.235. The number of carbonyl (C=O) groups excluding carboxylic acids is 1. The van der Waals surface area contributed by atoms with Crippen LogP contribution in [0.5, 0.6) is 0 Å². The molecule has 6 rings (SSSR count). The largest absolute Gasteiger partial charge is 0.494 e. The highest BCUT2D eigenvalue weighted by Crippen LogP contribution is 2.69. The molecule has 268 valence electrons. The monoisotopic (exact) mass is 662 g/mol. The lowest BCUT2D eigenvalue weighted by Crippen LogP contribution is -2.60. The Morgan fingerprint density at radius 1 is 0.979 bits per heavy atom. The molecule has 2 heterocycles. The second-order valence-electron chi connectivity index (χ2n) is 17.3. The Hall–Kier alpha value is -1.23. The number of hydrogen-bond acceptors (Lipinski definition) is 9. The SMILES string of the molecule is CC1=C(CCC(C)COC2OC(CO)C(O)C(OC(=O)CC(C)C)C2O)OC2CC3C4CCC5CC(O)CCC5(C)C4CCC3(C)C12. The van der Waals surface area contributed by atoms with Gasteiger partial charge in [0.05, 0.1) is 25.1 Å². The molecular formula is C38H62O9. The predicted molar refractivity (Wildman–Crippen MR) is 176 cm³/mol. The molecule has 9 nitrogen and oxygen atoms in total. The summed E-state index contributed by atoms with van der Waals surface area (Å²) in [6.07, 6.45) is 5.36. The summed E-state index contributed by atoms with van der Waals surface area (Å²) in [6.45, 7) is 13.1. The highest BCUT2D eigenvalue weighted by molar-refractivity contribution is 5.69. The van der Waals surface area contributed by atoms with Crippen molar-refractivity contribution in [2.45, 2.75) is 155 Å². The minimum Gasteiger partial charge on any atom is -0.494 e. The lowest BCUT2D eigenvalue weighted by molar-refractivity contribution is -0.305. The van der Waals surface area contributed by atoms with Crippen molar-refractivity contribution in [2.75, 3.05) is 13.2 Å². The molecule has 5 fully saturated rings. The molecule has 4 saturated carbocycles. The third-order valence-corrected chi connectivity index (χ3v) is 13.9. The van der Waals surface area contributed by atoms with E-state index in [0.29, 0.717) is 29.8 Å². The third kappa shape index (κ3) is 6.56. The number of rotatable bonds is 10. The second kappa shape index (κ2) is 13.8. The highest BCUT2D eigenvalue weighted by atomic mass is 16.7. The van der Waals surface area contributed by atoms with Crippen LogP contribution in [0.2, 0.25) is 0 Å². The number of esters is 1. The fourth-order valence-electron chi connectivity index (χ4n) is 11.4. The molecule has 0 spiro atoms. The Bertz CT molecular complexity index is 1160. The van der Waals surface area contributed by atoms with Gasteiger partial charge in [-0.25, -0.2) is 0 Å². The van der Waals surface area contributed by atoms with Gasteiger partial charge in [-0.1, -0.05) is 34.6 Å². The molecule has 9 heteroatoms. The lowest BCUT2D eigenvalue weighted by atomic mass is 9.44. The molecule has 4 aliphatic carbocycles. The normalized spacial score (nSPS) is 46.7. The number of hydrogen-bond donors (Lipinski definition) is 4. The van der Waals surface area contributed by atoms with Crippen LogP contribution in [-0.4, -0.2) is 82.5 Å². The topological polar surface area (TPSA) is 135 Å². The summed E-state index contributed by atoms with van der Waals surface area (Å²) in [5.74, 6) is 4.26. The molecule has 0 radical (unpaired) electrons. The van der Waals surface area contributed by atoms with E-state index in [1.54, 1.807) is 0 Å². The zero-order valence-electron chi connectivity index (χ0n) is 29.6. The molecule has 0 aromatic carbocycles. The van der Waals surface area contributed by atoms with Gasteiger partial charge in [-0.3, -0.25) is 4.79 Å². The zero-order valence-corrected chi connectivity index (χ0v) is 29.6. The van der Waals surface area contributed by atoms with Crippen molar-refractivity contribution in [3.63, 3.8) is 0 Å². The van der Waals surface area contributed by atoms with Gasteiger partial charge in [0.1, 0.15) is 24.4 Å². The average molecular weight is 663 g/mol. The van der Waals surface area contributed by atoms with Crippen molar-refractivity contribution in [1.82, 2.24) is 0 Å². The first kappa shape index (κ1) is 35.6. The average Bonchev–Trinajstić information content (AvgIpc) is 3.50. The molecule has 47 heavy (non-hydrogen) atoms. The molecule has 0 amide bonds. The van der Waals surface area contributed by atoms with E-state index < -0.39 is 43.3 Å². The highest BCUT2D eigenvalue weighted by Gasteiger charge is 2.64. The molecule has 15 unspecified atom stereocenters. The van der Waals surface area contributed by atoms with Crippen molar-refractivity contribution >= 4 is 5.97 Å². The summed E-state index contributed by atoms with van der Waals surface area (Å²) >= 11 is 0. The Morgan fingerprint density at radius 3 is 2.45 bits per heavy atom. The van der Waals surface area contributed by atoms with E-state index in [0.717, 1.165) is 49.7 Å². The standard InChI is InChI=1S/C38H62O9/c1-20(2)15-31(41)47-35-33(42)30(18-39)46-36(34(35)43)44-19-21(3)7-10-28-22(4)32-29(45-28)17-27-25-9-8-23-16-24(40)11-13-37(23,5)26(25)12-14-38(27,32)6/h20-21,23-27,29-30,32-36,39-40,42-43H,7-19H2,1-6H3. The molecule has 6 aliphatic rings. The van der Waals surface area contributed by atoms with Gasteiger partial charge >= 0.3 is 5.97 Å². The second-order valence-corrected chi connectivity index (χ2v) is 17.3. The summed E-state index contributed by atoms with van der Waals surface area (Å²) in [7, 11) is 0. The van der Waals surface area contributed by atoms with Crippen LogP contribution >= 0.6 is 0 Å². The number of allylic oxidation sites excluding steroid dienone is 1. The van der Waals surface area contributed by atoms with Crippen molar-refractivity contribution in [3.05, 3.63) is 11.3 Å². The number of fused-ring (bicyclic) bond motifs is 7. The van der Waals surface area contributed by atoms with Crippen LogP contribution in [0.1, 0.15) is 112 Å². The molecular weight excluding hydrogens is 600 g/mol. The number of carbonyl (C=O) groups is 1. The van der Waals surface area contributed by atoms with Gasteiger partial charge in [0.15, 0.2) is 12.4 Å². The smallest absolute Gasteiger partial charge is 0.306 e. The van der Waals surface area contributed by atoms with E-state index >= 15 is 0 Å². The molecule has 0 aromatic rings. The Balaban J connectivity index is 1.03. The molecule has 1 saturated heterocycles. The first-order chi connectivity index (χ1) is 22.3. The van der Waals surface area contributed by atoms with E-state index in [-0.39, 0.29) is 35.9 Å². The van der Waals surface area contributed by atoms with Gasteiger partial charge in [-0.2, -0.15) is 0 Å². The number of ether oxygens (including phenoxy) is 4. The third-order valence-electron chi connectivity index (χ3n) is 13.9. The number of aliphatic hydroxyl groups is 4. The molecule has 0 bridgehead atoms. The van der Waals surface area contributed by atoms with Gasteiger partial charge < -0.3 is 39.4 Å². The zero-order chi connectivity index (χ0) is 33.8. The maximum absolute atomic E-state index is 12.3. The van der Waals surface area contributed by atoms with Crippen molar-refractivity contribution in [1.29, 1.82) is 0 Å². The van der Waals surface area contributed by atoms with Gasteiger partial charge in [0.25, 0.3) is 0 Å². The van der Waals surface area contributed by atoms with Crippen molar-refractivity contribution in [2.24, 2.45) is 52.3 Å². The molecule has 2 aliphatic heterocycles. The predicted octanol–water partition coefficient (Wildman–Crippen LogP) is 5.12. The lowest BCUT2D eigenvalue weighted by Gasteiger charge is -2.60. The Morgan fingerprint density at radius 2 is 1.72 bits per heavy atom. The van der Waals surface area contributed by atoms with Crippen LogP contribution in [0, 0.1) is 52.3 Å². The van der Waals surface area contributed by atoms with E-state index in [9.17, 15) is 25.2 Å². The van der Waals surface area contributed by atoms with Crippen molar-refractivity contribution in [3.8, 4) is 0 Å². The van der Waals surface area contributed by atoms with Crippen LogP contribution in [-0.2, 0) is 23.7 Å². The van der Waals surface area contributed by atoms with E-state index in [2.05, 4.69) is 27.7 Å². The molecule has 15 atom stereocenters. The molecule has 4 N–H and O–H groups in total. The minimum atomic E-state index is -1.37. The summed E-state index contributed by atoms with van der Waals surface area (Å²) < 4.78 is 23.9. The van der Waals surface area contributed by atoms with E-state index in [4.69, 9.17) is 18.9 Å². The van der Waals surface area contributed by atoms with Gasteiger partial charge in [0.2, 0.25) is 0 Å². The van der Waals surface area contributed by atoms with Crippen LogP contribution in [0.3, 0.4) is 0 Å². The van der Waals surface area contributed by atoms with Crippen LogP contribution in [0.25, 0.3) is 0 Å².